The number of thiophene rings is 1. The molecule has 5 rings (SSSR count). The summed E-state index contributed by atoms with van der Waals surface area (Å²) in [5, 5.41) is 10.8. The molecule has 0 radical (unpaired) electrons. The molecular formula is C24H29N5O3S2. The van der Waals surface area contributed by atoms with Gasteiger partial charge in [0.25, 0.3) is 5.91 Å². The summed E-state index contributed by atoms with van der Waals surface area (Å²) < 4.78 is 30.5. The Bertz CT molecular complexity index is 1250. The van der Waals surface area contributed by atoms with E-state index < -0.39 is 10.0 Å². The Morgan fingerprint density at radius 2 is 2.00 bits per heavy atom. The molecule has 3 aromatic rings. The number of hydrogen-bond acceptors (Lipinski definition) is 6. The summed E-state index contributed by atoms with van der Waals surface area (Å²) in [4.78, 5) is 16.2. The van der Waals surface area contributed by atoms with Gasteiger partial charge in [0, 0.05) is 49.0 Å². The number of aryl methyl sites for hydroxylation is 1. The summed E-state index contributed by atoms with van der Waals surface area (Å²) in [7, 11) is -3.72. The second-order valence-corrected chi connectivity index (χ2v) is 11.8. The van der Waals surface area contributed by atoms with Gasteiger partial charge in [0.1, 0.15) is 11.6 Å². The zero-order valence-corrected chi connectivity index (χ0v) is 20.7. The molecule has 8 nitrogen and oxygen atoms in total. The zero-order valence-electron chi connectivity index (χ0n) is 19.0. The number of rotatable bonds is 6. The van der Waals surface area contributed by atoms with Gasteiger partial charge in [-0.1, -0.05) is 18.6 Å². The first-order valence-electron chi connectivity index (χ1n) is 11.8. The van der Waals surface area contributed by atoms with E-state index in [4.69, 9.17) is 0 Å². The Labute approximate surface area is 204 Å². The zero-order chi connectivity index (χ0) is 23.5. The molecule has 2 aromatic heterocycles. The number of carbonyl (C=O) groups excluding carboxylic acids is 1. The van der Waals surface area contributed by atoms with Crippen LogP contribution < -0.4 is 4.72 Å². The minimum Gasteiger partial charge on any atom is -0.338 e. The fourth-order valence-corrected chi connectivity index (χ4v) is 6.61. The highest BCUT2D eigenvalue weighted by atomic mass is 32.2. The average molecular weight is 500 g/mol. The van der Waals surface area contributed by atoms with Crippen LogP contribution in [0.25, 0.3) is 0 Å². The minimum atomic E-state index is -3.72. The van der Waals surface area contributed by atoms with E-state index in [2.05, 4.69) is 19.5 Å². The quantitative estimate of drug-likeness (QED) is 0.559. The Morgan fingerprint density at radius 1 is 1.09 bits per heavy atom. The number of likely N-dealkylation sites (tertiary alicyclic amines) is 1. The van der Waals surface area contributed by atoms with Gasteiger partial charge in [-0.25, -0.2) is 13.1 Å². The van der Waals surface area contributed by atoms with Gasteiger partial charge in [0.15, 0.2) is 0 Å². The van der Waals surface area contributed by atoms with Gasteiger partial charge in [-0.15, -0.1) is 21.5 Å². The highest BCUT2D eigenvalue weighted by Gasteiger charge is 2.30. The summed E-state index contributed by atoms with van der Waals surface area (Å²) in [6.07, 6.45) is 6.32. The lowest BCUT2D eigenvalue weighted by atomic mass is 9.96. The van der Waals surface area contributed by atoms with Crippen molar-refractivity contribution in [2.45, 2.75) is 62.4 Å². The number of fused-ring (bicyclic) bond motifs is 1. The molecule has 1 aromatic carbocycles. The summed E-state index contributed by atoms with van der Waals surface area (Å²) >= 11 is 1.50. The Kier molecular flexibility index (Phi) is 6.80. The van der Waals surface area contributed by atoms with Gasteiger partial charge in [-0.2, -0.15) is 0 Å². The minimum absolute atomic E-state index is 0.103. The Hall–Kier alpha value is -2.56. The Morgan fingerprint density at radius 3 is 2.85 bits per heavy atom. The van der Waals surface area contributed by atoms with E-state index in [0.717, 1.165) is 55.2 Å². The molecule has 180 valence electrons. The summed E-state index contributed by atoms with van der Waals surface area (Å²) in [5.74, 6) is 2.06. The third kappa shape index (κ3) is 4.94. The van der Waals surface area contributed by atoms with Crippen molar-refractivity contribution in [3.8, 4) is 0 Å². The predicted octanol–water partition coefficient (Wildman–Crippen LogP) is 3.56. The highest BCUT2D eigenvalue weighted by Crippen LogP contribution is 2.29. The fourth-order valence-electron chi connectivity index (χ4n) is 4.82. The van der Waals surface area contributed by atoms with Gasteiger partial charge in [0.05, 0.1) is 4.90 Å². The molecule has 2 aliphatic heterocycles. The van der Waals surface area contributed by atoms with E-state index in [1.165, 1.54) is 29.9 Å². The third-order valence-corrected chi connectivity index (χ3v) is 8.89. The monoisotopic (exact) mass is 499 g/mol. The van der Waals surface area contributed by atoms with E-state index in [-0.39, 0.29) is 23.3 Å². The van der Waals surface area contributed by atoms with E-state index in [0.29, 0.717) is 18.7 Å². The number of piperidine rings is 1. The standard InChI is InChI=1S/C24H29N5O3S2/c30-24(18-7-4-10-21(15-18)34(31,32)25-16-20-9-6-14-33-20)28-12-5-8-19(17-28)23-27-26-22-11-2-1-3-13-29(22)23/h4,6-7,9-10,14-15,19,25H,1-3,5,8,11-13,16-17H2. The lowest BCUT2D eigenvalue weighted by Gasteiger charge is -2.32. The number of benzene rings is 1. The molecule has 0 aliphatic carbocycles. The largest absolute Gasteiger partial charge is 0.338 e. The third-order valence-electron chi connectivity index (χ3n) is 6.62. The molecule has 1 unspecified atom stereocenters. The number of nitrogens with zero attached hydrogens (tertiary/aromatic N) is 4. The van der Waals surface area contributed by atoms with Gasteiger partial charge in [0.2, 0.25) is 10.0 Å². The lowest BCUT2D eigenvalue weighted by Crippen LogP contribution is -2.40. The van der Waals surface area contributed by atoms with Crippen LogP contribution in [0.5, 0.6) is 0 Å². The molecule has 1 amide bonds. The molecular weight excluding hydrogens is 470 g/mol. The van der Waals surface area contributed by atoms with Crippen LogP contribution in [0, 0.1) is 0 Å². The molecule has 0 spiro atoms. The van der Waals surface area contributed by atoms with Gasteiger partial charge in [-0.3, -0.25) is 4.79 Å². The lowest BCUT2D eigenvalue weighted by molar-refractivity contribution is 0.0703. The van der Waals surface area contributed by atoms with Gasteiger partial charge in [-0.05, 0) is 55.3 Å². The van der Waals surface area contributed by atoms with Crippen LogP contribution in [0.1, 0.15) is 64.9 Å². The van der Waals surface area contributed by atoms with Crippen LogP contribution in [-0.4, -0.2) is 47.1 Å². The summed E-state index contributed by atoms with van der Waals surface area (Å²) in [5.41, 5.74) is 0.389. The normalized spacial score (nSPS) is 18.9. The first-order valence-corrected chi connectivity index (χ1v) is 14.2. The molecule has 1 N–H and O–H groups in total. The van der Waals surface area contributed by atoms with E-state index in [9.17, 15) is 13.2 Å². The van der Waals surface area contributed by atoms with Crippen molar-refractivity contribution < 1.29 is 13.2 Å². The number of nitrogens with one attached hydrogen (secondary N) is 1. The molecule has 4 heterocycles. The summed E-state index contributed by atoms with van der Waals surface area (Å²) in [6.45, 7) is 2.41. The van der Waals surface area contributed by atoms with Crippen molar-refractivity contribution in [3.05, 3.63) is 63.9 Å². The highest BCUT2D eigenvalue weighted by molar-refractivity contribution is 7.89. The topological polar surface area (TPSA) is 97.2 Å². The SMILES string of the molecule is O=C(c1cccc(S(=O)(=O)NCc2cccs2)c1)N1CCCC(c2nnc3n2CCCCC3)C1. The fraction of sp³-hybridized carbons (Fsp3) is 0.458. The van der Waals surface area contributed by atoms with Gasteiger partial charge < -0.3 is 9.47 Å². The first-order chi connectivity index (χ1) is 16.5. The van der Waals surface area contributed by atoms with Crippen molar-refractivity contribution in [3.63, 3.8) is 0 Å². The number of aromatic nitrogens is 3. The number of hydrogen-bond donors (Lipinski definition) is 1. The van der Waals surface area contributed by atoms with Crippen molar-refractivity contribution in [2.24, 2.45) is 0 Å². The van der Waals surface area contributed by atoms with Crippen molar-refractivity contribution in [2.75, 3.05) is 13.1 Å². The molecule has 0 bridgehead atoms. The average Bonchev–Trinajstić information content (AvgIpc) is 3.47. The molecule has 1 atom stereocenters. The van der Waals surface area contributed by atoms with E-state index >= 15 is 0 Å². The number of carbonyl (C=O) groups is 1. The van der Waals surface area contributed by atoms with Crippen LogP contribution in [0.2, 0.25) is 0 Å². The molecule has 34 heavy (non-hydrogen) atoms. The second kappa shape index (κ2) is 9.97. The number of sulfonamides is 1. The van der Waals surface area contributed by atoms with Crippen molar-refractivity contribution in [1.29, 1.82) is 0 Å². The Balaban J connectivity index is 1.30. The number of amides is 1. The second-order valence-electron chi connectivity index (χ2n) is 8.96. The molecule has 2 aliphatic rings. The smallest absolute Gasteiger partial charge is 0.253 e. The molecule has 0 saturated carbocycles. The predicted molar refractivity (Wildman–Crippen MR) is 130 cm³/mol. The summed E-state index contributed by atoms with van der Waals surface area (Å²) in [6, 6.07) is 10.1. The van der Waals surface area contributed by atoms with Crippen molar-refractivity contribution >= 4 is 27.3 Å². The van der Waals surface area contributed by atoms with Crippen LogP contribution >= 0.6 is 11.3 Å². The van der Waals surface area contributed by atoms with Crippen LogP contribution in [0.4, 0.5) is 0 Å². The maximum atomic E-state index is 13.4. The maximum Gasteiger partial charge on any atom is 0.253 e. The van der Waals surface area contributed by atoms with Crippen LogP contribution in [0.3, 0.4) is 0 Å². The van der Waals surface area contributed by atoms with Crippen LogP contribution in [0.15, 0.2) is 46.7 Å². The van der Waals surface area contributed by atoms with E-state index in [1.54, 1.807) is 12.1 Å². The molecule has 10 heteroatoms. The first kappa shape index (κ1) is 23.2. The molecule has 1 fully saturated rings. The molecule has 1 saturated heterocycles. The van der Waals surface area contributed by atoms with E-state index in [1.807, 2.05) is 22.4 Å². The van der Waals surface area contributed by atoms with Gasteiger partial charge >= 0.3 is 0 Å². The van der Waals surface area contributed by atoms with Crippen molar-refractivity contribution in [1.82, 2.24) is 24.4 Å². The maximum absolute atomic E-state index is 13.4. The van der Waals surface area contributed by atoms with Crippen LogP contribution in [-0.2, 0) is 29.5 Å².